The van der Waals surface area contributed by atoms with Gasteiger partial charge in [0.15, 0.2) is 0 Å². The quantitative estimate of drug-likeness (QED) is 0.513. The Morgan fingerprint density at radius 1 is 0.760 bits per heavy atom. The van der Waals surface area contributed by atoms with Crippen LogP contribution in [0, 0.1) is 0 Å². The van der Waals surface area contributed by atoms with Crippen molar-refractivity contribution in [2.24, 2.45) is 0 Å². The van der Waals surface area contributed by atoms with E-state index in [1.54, 1.807) is 26.0 Å². The Bertz CT molecular complexity index is 872. The van der Waals surface area contributed by atoms with Crippen molar-refractivity contribution in [2.75, 3.05) is 24.9 Å². The number of methoxy groups -OCH3 is 2. The van der Waals surface area contributed by atoms with Crippen LogP contribution < -0.4 is 20.1 Å². The van der Waals surface area contributed by atoms with Crippen LogP contribution in [0.4, 0.5) is 22.7 Å². The van der Waals surface area contributed by atoms with E-state index in [1.165, 1.54) is 0 Å². The molecule has 1 aliphatic heterocycles. The number of ether oxygens (including phenoxy) is 2. The van der Waals surface area contributed by atoms with Crippen molar-refractivity contribution in [3.05, 3.63) is 60.7 Å². The van der Waals surface area contributed by atoms with E-state index in [-0.39, 0.29) is 0 Å². The molecule has 3 aromatic rings. The van der Waals surface area contributed by atoms with E-state index in [1.807, 2.05) is 36.4 Å². The molecule has 0 bridgehead atoms. The Labute approximate surface area is 151 Å². The molecule has 1 heterocycles. The van der Waals surface area contributed by atoms with Crippen molar-refractivity contribution in [3.8, 4) is 11.5 Å². The molecule has 5 heteroatoms. The van der Waals surface area contributed by atoms with Crippen LogP contribution in [-0.2, 0) is 0 Å². The fraction of sp³-hybridized carbons (Fsp3) is 0.100. The van der Waals surface area contributed by atoms with Crippen LogP contribution in [-0.4, -0.2) is 14.2 Å². The largest absolute Gasteiger partial charge is 0.497 e. The SMILES string of the molecule is COc1ccc2c(c1)Sc1cc(OC)ccc1N2c1ccc(N)cc1. The average molecular weight is 350 g/mol. The highest BCUT2D eigenvalue weighted by atomic mass is 32.2. The van der Waals surface area contributed by atoms with Gasteiger partial charge in [0.2, 0.25) is 0 Å². The molecular formula is C20H18N2O2S. The van der Waals surface area contributed by atoms with E-state index < -0.39 is 0 Å². The molecule has 25 heavy (non-hydrogen) atoms. The lowest BCUT2D eigenvalue weighted by Crippen LogP contribution is -2.15. The minimum absolute atomic E-state index is 0.750. The Morgan fingerprint density at radius 2 is 1.28 bits per heavy atom. The Hall–Kier alpha value is -2.79. The minimum atomic E-state index is 0.750. The molecule has 0 atom stereocenters. The molecule has 4 rings (SSSR count). The lowest BCUT2D eigenvalue weighted by atomic mass is 10.1. The van der Waals surface area contributed by atoms with Gasteiger partial charge in [-0.25, -0.2) is 0 Å². The van der Waals surface area contributed by atoms with Gasteiger partial charge in [-0.3, -0.25) is 0 Å². The summed E-state index contributed by atoms with van der Waals surface area (Å²) in [5.41, 5.74) is 9.92. The van der Waals surface area contributed by atoms with Crippen LogP contribution in [0.5, 0.6) is 11.5 Å². The monoisotopic (exact) mass is 350 g/mol. The highest BCUT2D eigenvalue weighted by molar-refractivity contribution is 7.99. The topological polar surface area (TPSA) is 47.7 Å². The Morgan fingerprint density at radius 3 is 1.76 bits per heavy atom. The first-order chi connectivity index (χ1) is 12.2. The second-order valence-corrected chi connectivity index (χ2v) is 6.78. The zero-order chi connectivity index (χ0) is 17.4. The maximum Gasteiger partial charge on any atom is 0.120 e. The van der Waals surface area contributed by atoms with Gasteiger partial charge in [0.05, 0.1) is 25.6 Å². The zero-order valence-corrected chi connectivity index (χ0v) is 14.8. The number of hydrogen-bond donors (Lipinski definition) is 1. The van der Waals surface area contributed by atoms with Crippen LogP contribution in [0.2, 0.25) is 0 Å². The van der Waals surface area contributed by atoms with Gasteiger partial charge < -0.3 is 20.1 Å². The first-order valence-corrected chi connectivity index (χ1v) is 8.71. The summed E-state index contributed by atoms with van der Waals surface area (Å²) in [6.45, 7) is 0. The van der Waals surface area contributed by atoms with Gasteiger partial charge >= 0.3 is 0 Å². The highest BCUT2D eigenvalue weighted by Crippen LogP contribution is 2.52. The van der Waals surface area contributed by atoms with E-state index in [9.17, 15) is 0 Å². The third kappa shape index (κ3) is 2.76. The minimum Gasteiger partial charge on any atom is -0.497 e. The summed E-state index contributed by atoms with van der Waals surface area (Å²) in [5.74, 6) is 1.68. The molecule has 2 N–H and O–H groups in total. The lowest BCUT2D eigenvalue weighted by molar-refractivity contribution is 0.413. The van der Waals surface area contributed by atoms with E-state index in [2.05, 4.69) is 29.2 Å². The molecule has 0 saturated carbocycles. The number of rotatable bonds is 3. The summed E-state index contributed by atoms with van der Waals surface area (Å²) in [6, 6.07) is 20.2. The maximum atomic E-state index is 5.87. The summed E-state index contributed by atoms with van der Waals surface area (Å²) in [4.78, 5) is 4.51. The number of benzene rings is 3. The van der Waals surface area contributed by atoms with Crippen molar-refractivity contribution in [3.63, 3.8) is 0 Å². The smallest absolute Gasteiger partial charge is 0.120 e. The molecule has 0 spiro atoms. The summed E-state index contributed by atoms with van der Waals surface area (Å²) < 4.78 is 10.8. The molecule has 0 radical (unpaired) electrons. The molecule has 0 unspecified atom stereocenters. The van der Waals surface area contributed by atoms with Gasteiger partial charge in [0.1, 0.15) is 11.5 Å². The molecule has 3 aromatic carbocycles. The van der Waals surface area contributed by atoms with Crippen molar-refractivity contribution in [1.82, 2.24) is 0 Å². The first-order valence-electron chi connectivity index (χ1n) is 7.89. The normalized spacial score (nSPS) is 12.3. The number of nitrogens with two attached hydrogens (primary N) is 1. The number of nitrogen functional groups attached to an aromatic ring is 1. The molecule has 0 amide bonds. The van der Waals surface area contributed by atoms with Gasteiger partial charge in [-0.15, -0.1) is 0 Å². The van der Waals surface area contributed by atoms with E-state index >= 15 is 0 Å². The lowest BCUT2D eigenvalue weighted by Gasteiger charge is -2.33. The maximum absolute atomic E-state index is 5.87. The average Bonchev–Trinajstić information content (AvgIpc) is 2.66. The molecule has 0 saturated heterocycles. The molecule has 4 nitrogen and oxygen atoms in total. The molecule has 0 aliphatic carbocycles. The molecule has 1 aliphatic rings. The van der Waals surface area contributed by atoms with Crippen LogP contribution >= 0.6 is 11.8 Å². The molecule has 0 aromatic heterocycles. The van der Waals surface area contributed by atoms with Gasteiger partial charge in [0, 0.05) is 21.2 Å². The summed E-state index contributed by atoms with van der Waals surface area (Å²) in [7, 11) is 3.37. The van der Waals surface area contributed by atoms with Crippen molar-refractivity contribution in [1.29, 1.82) is 0 Å². The van der Waals surface area contributed by atoms with Crippen LogP contribution in [0.15, 0.2) is 70.5 Å². The van der Waals surface area contributed by atoms with Gasteiger partial charge in [0.25, 0.3) is 0 Å². The first kappa shape index (κ1) is 15.7. The van der Waals surface area contributed by atoms with Crippen LogP contribution in [0.3, 0.4) is 0 Å². The van der Waals surface area contributed by atoms with Crippen LogP contribution in [0.25, 0.3) is 0 Å². The number of anilines is 4. The second kappa shape index (κ2) is 6.26. The fourth-order valence-corrected chi connectivity index (χ4v) is 4.04. The molecule has 0 fully saturated rings. The highest BCUT2D eigenvalue weighted by Gasteiger charge is 2.25. The summed E-state index contributed by atoms with van der Waals surface area (Å²) in [5, 5.41) is 0. The van der Waals surface area contributed by atoms with Crippen molar-refractivity contribution < 1.29 is 9.47 Å². The Kier molecular flexibility index (Phi) is 3.93. The predicted octanol–water partition coefficient (Wildman–Crippen LogP) is 5.22. The summed E-state index contributed by atoms with van der Waals surface area (Å²) in [6.07, 6.45) is 0. The van der Waals surface area contributed by atoms with Crippen molar-refractivity contribution >= 4 is 34.5 Å². The fourth-order valence-electron chi connectivity index (χ4n) is 2.93. The number of fused-ring (bicyclic) bond motifs is 2. The van der Waals surface area contributed by atoms with E-state index in [4.69, 9.17) is 15.2 Å². The van der Waals surface area contributed by atoms with Gasteiger partial charge in [-0.1, -0.05) is 11.8 Å². The van der Waals surface area contributed by atoms with Gasteiger partial charge in [-0.05, 0) is 60.7 Å². The Balaban J connectivity index is 1.91. The van der Waals surface area contributed by atoms with E-state index in [0.717, 1.165) is 44.0 Å². The van der Waals surface area contributed by atoms with Crippen LogP contribution in [0.1, 0.15) is 0 Å². The number of nitrogens with zero attached hydrogens (tertiary/aromatic N) is 1. The molecular weight excluding hydrogens is 332 g/mol. The van der Waals surface area contributed by atoms with E-state index in [0.29, 0.717) is 0 Å². The van der Waals surface area contributed by atoms with Crippen molar-refractivity contribution in [2.45, 2.75) is 9.79 Å². The third-order valence-electron chi connectivity index (χ3n) is 4.19. The summed E-state index contributed by atoms with van der Waals surface area (Å²) >= 11 is 1.72. The number of hydrogen-bond acceptors (Lipinski definition) is 5. The molecule has 126 valence electrons. The predicted molar refractivity (Wildman–Crippen MR) is 103 cm³/mol. The standard InChI is InChI=1S/C20H18N2O2S/c1-23-15-7-9-17-19(11-15)25-20-12-16(24-2)8-10-18(20)22(17)14-5-3-13(21)4-6-14/h3-12H,21H2,1-2H3. The third-order valence-corrected chi connectivity index (χ3v) is 5.28. The zero-order valence-electron chi connectivity index (χ0n) is 14.0. The second-order valence-electron chi connectivity index (χ2n) is 5.70. The van der Waals surface area contributed by atoms with Gasteiger partial charge in [-0.2, -0.15) is 0 Å².